The average Bonchev–Trinajstić information content (AvgIpc) is 2.22. The molecular formula is C10H20Cl2N2. The predicted molar refractivity (Wildman–Crippen MR) is 65.1 cm³/mol. The largest absolute Gasteiger partial charge is 0.310 e. The number of nitrogens with zero attached hydrogens (tertiary/aromatic N) is 1. The molecule has 84 valence electrons. The third-order valence-corrected chi connectivity index (χ3v) is 2.62. The Hall–Kier alpha value is 0.240. The molecule has 0 amide bonds. The van der Waals surface area contributed by atoms with Crippen LogP contribution in [0, 0.1) is 0 Å². The van der Waals surface area contributed by atoms with E-state index in [4.69, 9.17) is 23.2 Å². The van der Waals surface area contributed by atoms with Crippen molar-refractivity contribution in [2.75, 3.05) is 32.7 Å². The molecule has 0 fully saturated rings. The molecule has 4 heteroatoms. The molecule has 0 atom stereocenters. The van der Waals surface area contributed by atoms with Gasteiger partial charge in [-0.05, 0) is 19.5 Å². The molecule has 0 aliphatic rings. The van der Waals surface area contributed by atoms with Crippen molar-refractivity contribution < 1.29 is 0 Å². The van der Waals surface area contributed by atoms with Gasteiger partial charge in [-0.25, -0.2) is 0 Å². The van der Waals surface area contributed by atoms with Crippen LogP contribution in [0.1, 0.15) is 20.3 Å². The molecule has 0 aromatic heterocycles. The summed E-state index contributed by atoms with van der Waals surface area (Å²) < 4.78 is 0. The first-order valence-corrected chi connectivity index (χ1v) is 5.93. The Bertz CT molecular complexity index is 160. The second-order valence-corrected chi connectivity index (χ2v) is 3.87. The van der Waals surface area contributed by atoms with Crippen molar-refractivity contribution in [2.24, 2.45) is 0 Å². The lowest BCUT2D eigenvalue weighted by Gasteiger charge is -2.19. The minimum atomic E-state index is 0.658. The summed E-state index contributed by atoms with van der Waals surface area (Å²) in [4.78, 5) is 2.41. The van der Waals surface area contributed by atoms with Gasteiger partial charge >= 0.3 is 0 Å². The van der Waals surface area contributed by atoms with Crippen LogP contribution in [-0.2, 0) is 0 Å². The van der Waals surface area contributed by atoms with Crippen molar-refractivity contribution in [2.45, 2.75) is 20.3 Å². The van der Waals surface area contributed by atoms with Crippen molar-refractivity contribution >= 4 is 23.2 Å². The number of likely N-dealkylation sites (N-methyl/N-ethyl adjacent to an activating group) is 1. The molecule has 0 heterocycles. The molecule has 1 N–H and O–H groups in total. The summed E-state index contributed by atoms with van der Waals surface area (Å²) in [6.07, 6.45) is 1.20. The zero-order valence-corrected chi connectivity index (χ0v) is 10.5. The van der Waals surface area contributed by atoms with Crippen LogP contribution in [0.25, 0.3) is 0 Å². The first kappa shape index (κ1) is 14.2. The Balaban J connectivity index is 3.41. The molecular weight excluding hydrogens is 219 g/mol. The Morgan fingerprint density at radius 2 is 2.07 bits per heavy atom. The summed E-state index contributed by atoms with van der Waals surface area (Å²) in [5, 5.41) is 3.89. The Morgan fingerprint density at radius 1 is 1.36 bits per heavy atom. The Labute approximate surface area is 97.3 Å². The molecule has 14 heavy (non-hydrogen) atoms. The smallest absolute Gasteiger partial charge is 0.0431 e. The van der Waals surface area contributed by atoms with Crippen LogP contribution in [-0.4, -0.2) is 37.6 Å². The first-order chi connectivity index (χ1) is 6.74. The van der Waals surface area contributed by atoms with Gasteiger partial charge in [-0.3, -0.25) is 0 Å². The van der Waals surface area contributed by atoms with Crippen LogP contribution in [0.2, 0.25) is 0 Å². The number of hydrogen-bond acceptors (Lipinski definition) is 2. The fraction of sp³-hybridized carbons (Fsp3) is 0.800. The summed E-state index contributed by atoms with van der Waals surface area (Å²) in [5.41, 5.74) is 1.40. The van der Waals surface area contributed by atoms with Gasteiger partial charge in [0, 0.05) is 30.2 Å². The highest BCUT2D eigenvalue weighted by Crippen LogP contribution is 1.99. The maximum absolute atomic E-state index is 5.73. The highest BCUT2D eigenvalue weighted by Gasteiger charge is 1.99. The maximum atomic E-state index is 5.73. The number of rotatable bonds is 8. The van der Waals surface area contributed by atoms with E-state index < -0.39 is 0 Å². The van der Waals surface area contributed by atoms with Gasteiger partial charge in [0.15, 0.2) is 0 Å². The van der Waals surface area contributed by atoms with E-state index in [0.29, 0.717) is 11.6 Å². The summed E-state index contributed by atoms with van der Waals surface area (Å²) in [5.74, 6) is 0. The number of hydrogen-bond donors (Lipinski definition) is 1. The maximum Gasteiger partial charge on any atom is 0.0431 e. The normalized spacial score (nSPS) is 12.5. The highest BCUT2D eigenvalue weighted by molar-refractivity contribution is 6.36. The van der Waals surface area contributed by atoms with E-state index in [1.54, 1.807) is 0 Å². The summed E-state index contributed by atoms with van der Waals surface area (Å²) in [7, 11) is 0. The van der Waals surface area contributed by atoms with Gasteiger partial charge in [0.2, 0.25) is 0 Å². The molecule has 0 saturated heterocycles. The Kier molecular flexibility index (Phi) is 9.95. The van der Waals surface area contributed by atoms with E-state index >= 15 is 0 Å². The number of halogens is 2. The quantitative estimate of drug-likeness (QED) is 0.655. The molecule has 0 spiro atoms. The Morgan fingerprint density at radius 3 is 2.57 bits per heavy atom. The molecule has 0 aromatic rings. The van der Waals surface area contributed by atoms with E-state index in [-0.39, 0.29) is 0 Å². The molecule has 0 bridgehead atoms. The van der Waals surface area contributed by atoms with Crippen LogP contribution in [0.3, 0.4) is 0 Å². The van der Waals surface area contributed by atoms with Crippen LogP contribution in [0.5, 0.6) is 0 Å². The minimum Gasteiger partial charge on any atom is -0.310 e. The van der Waals surface area contributed by atoms with Gasteiger partial charge in [0.05, 0.1) is 0 Å². The van der Waals surface area contributed by atoms with E-state index in [1.807, 2.05) is 0 Å². The first-order valence-electron chi connectivity index (χ1n) is 5.12. The van der Waals surface area contributed by atoms with Crippen molar-refractivity contribution in [3.63, 3.8) is 0 Å². The zero-order chi connectivity index (χ0) is 10.8. The zero-order valence-electron chi connectivity index (χ0n) is 9.02. The fourth-order valence-electron chi connectivity index (χ4n) is 1.23. The van der Waals surface area contributed by atoms with Crippen LogP contribution >= 0.6 is 23.2 Å². The van der Waals surface area contributed by atoms with E-state index in [9.17, 15) is 0 Å². The minimum absolute atomic E-state index is 0.658. The third-order valence-electron chi connectivity index (χ3n) is 2.00. The van der Waals surface area contributed by atoms with Gasteiger partial charge in [-0.2, -0.15) is 0 Å². The SMILES string of the molecule is CCCN(CC)CCNCC(Cl)=CCl. The lowest BCUT2D eigenvalue weighted by atomic mass is 10.4. The van der Waals surface area contributed by atoms with Gasteiger partial charge in [-0.1, -0.05) is 37.0 Å². The van der Waals surface area contributed by atoms with E-state index in [0.717, 1.165) is 26.2 Å². The van der Waals surface area contributed by atoms with Crippen LogP contribution in [0.15, 0.2) is 10.6 Å². The standard InChI is InChI=1S/C10H20Cl2N2/c1-3-6-14(4-2)7-5-13-9-10(12)8-11/h8,13H,3-7,9H2,1-2H3. The van der Waals surface area contributed by atoms with Gasteiger partial charge in [0.1, 0.15) is 0 Å². The summed E-state index contributed by atoms with van der Waals surface area (Å²) in [6.45, 7) is 9.33. The topological polar surface area (TPSA) is 15.3 Å². The van der Waals surface area contributed by atoms with E-state index in [2.05, 4.69) is 24.1 Å². The van der Waals surface area contributed by atoms with Crippen molar-refractivity contribution in [1.29, 1.82) is 0 Å². The molecule has 0 aliphatic heterocycles. The molecule has 0 unspecified atom stereocenters. The van der Waals surface area contributed by atoms with Gasteiger partial charge in [-0.15, -0.1) is 0 Å². The van der Waals surface area contributed by atoms with Crippen molar-refractivity contribution in [3.05, 3.63) is 10.6 Å². The van der Waals surface area contributed by atoms with Crippen molar-refractivity contribution in [1.82, 2.24) is 10.2 Å². The second-order valence-electron chi connectivity index (χ2n) is 3.17. The third kappa shape index (κ3) is 7.63. The number of nitrogens with one attached hydrogen (secondary N) is 1. The predicted octanol–water partition coefficient (Wildman–Crippen LogP) is 2.63. The van der Waals surface area contributed by atoms with Gasteiger partial charge < -0.3 is 10.2 Å². The molecule has 0 aromatic carbocycles. The van der Waals surface area contributed by atoms with E-state index in [1.165, 1.54) is 12.0 Å². The molecule has 0 radical (unpaired) electrons. The average molecular weight is 239 g/mol. The summed E-state index contributed by atoms with van der Waals surface area (Å²) in [6, 6.07) is 0. The molecule has 0 aliphatic carbocycles. The van der Waals surface area contributed by atoms with Crippen LogP contribution < -0.4 is 5.32 Å². The second kappa shape index (κ2) is 9.78. The van der Waals surface area contributed by atoms with Crippen LogP contribution in [0.4, 0.5) is 0 Å². The molecule has 0 saturated carbocycles. The highest BCUT2D eigenvalue weighted by atomic mass is 35.5. The lowest BCUT2D eigenvalue weighted by Crippen LogP contribution is -2.33. The summed E-state index contributed by atoms with van der Waals surface area (Å²) >= 11 is 11.2. The molecule has 2 nitrogen and oxygen atoms in total. The fourth-order valence-corrected chi connectivity index (χ4v) is 1.40. The lowest BCUT2D eigenvalue weighted by molar-refractivity contribution is 0.289. The van der Waals surface area contributed by atoms with Gasteiger partial charge in [0.25, 0.3) is 0 Å². The monoisotopic (exact) mass is 238 g/mol. The van der Waals surface area contributed by atoms with Crippen molar-refractivity contribution in [3.8, 4) is 0 Å². The molecule has 0 rings (SSSR count).